The fraction of sp³-hybridized carbons (Fsp3) is 0.400. The largest absolute Gasteiger partial charge is 0.418 e. The predicted molar refractivity (Wildman–Crippen MR) is 131 cm³/mol. The van der Waals surface area contributed by atoms with E-state index in [0.717, 1.165) is 16.3 Å². The van der Waals surface area contributed by atoms with Crippen LogP contribution in [0.15, 0.2) is 42.5 Å². The lowest BCUT2D eigenvalue weighted by molar-refractivity contribution is -0.309. The molecule has 0 spiro atoms. The molecule has 0 radical (unpaired) electrons. The van der Waals surface area contributed by atoms with E-state index in [2.05, 4.69) is 15.1 Å². The van der Waals surface area contributed by atoms with E-state index in [-0.39, 0.29) is 29.5 Å². The molecular weight excluding hydrogens is 523 g/mol. The summed E-state index contributed by atoms with van der Waals surface area (Å²) in [7, 11) is 0. The van der Waals surface area contributed by atoms with Crippen molar-refractivity contribution in [3.63, 3.8) is 0 Å². The first kappa shape index (κ1) is 25.3. The van der Waals surface area contributed by atoms with E-state index in [9.17, 15) is 18.3 Å². The first-order valence-corrected chi connectivity index (χ1v) is 12.7. The highest BCUT2D eigenvalue weighted by molar-refractivity contribution is 7.18. The summed E-state index contributed by atoms with van der Waals surface area (Å²) in [4.78, 5) is 8.55. The van der Waals surface area contributed by atoms with Crippen LogP contribution in [0, 0.1) is 13.8 Å². The normalized spacial score (nSPS) is 28.0. The fourth-order valence-corrected chi connectivity index (χ4v) is 5.78. The summed E-state index contributed by atoms with van der Waals surface area (Å²) in [6, 6.07) is 10.7. The van der Waals surface area contributed by atoms with Gasteiger partial charge in [-0.25, -0.2) is 14.6 Å². The number of hydrogen-bond acceptors (Lipinski definition) is 9. The van der Waals surface area contributed by atoms with Crippen molar-refractivity contribution in [1.29, 1.82) is 0 Å². The Morgan fingerprint density at radius 1 is 1.11 bits per heavy atom. The summed E-state index contributed by atoms with van der Waals surface area (Å²) in [5, 5.41) is 16.1. The molecule has 4 unspecified atom stereocenters. The third-order valence-electron chi connectivity index (χ3n) is 6.68. The predicted octanol–water partition coefficient (Wildman–Crippen LogP) is 3.75. The lowest BCUT2D eigenvalue weighted by atomic mass is 9.92. The molecule has 0 saturated carbocycles. The minimum Gasteiger partial charge on any atom is -0.388 e. The summed E-state index contributed by atoms with van der Waals surface area (Å²) in [5.74, 6) is 0.209. The van der Waals surface area contributed by atoms with Crippen LogP contribution in [0.4, 0.5) is 13.2 Å². The quantitative estimate of drug-likeness (QED) is 0.398. The maximum atomic E-state index is 14.2. The third-order valence-corrected chi connectivity index (χ3v) is 7.61. The number of benzene rings is 2. The number of hydrogen-bond donors (Lipinski definition) is 2. The number of halogens is 3. The molecule has 0 amide bonds. The molecule has 9 nitrogen and oxygen atoms in total. The summed E-state index contributed by atoms with van der Waals surface area (Å²) >= 11 is 1.27. The van der Waals surface area contributed by atoms with Gasteiger partial charge in [0.05, 0.1) is 39.1 Å². The molecule has 200 valence electrons. The Balaban J connectivity index is 1.37. The van der Waals surface area contributed by atoms with Crippen LogP contribution in [-0.2, 0) is 20.4 Å². The van der Waals surface area contributed by atoms with Crippen LogP contribution in [0.5, 0.6) is 0 Å². The second kappa shape index (κ2) is 9.36. The van der Waals surface area contributed by atoms with E-state index in [1.165, 1.54) is 17.4 Å². The lowest BCUT2D eigenvalue weighted by Gasteiger charge is -2.46. The van der Waals surface area contributed by atoms with Crippen molar-refractivity contribution < 1.29 is 32.5 Å². The molecule has 0 bridgehead atoms. The van der Waals surface area contributed by atoms with Crippen molar-refractivity contribution in [2.24, 2.45) is 5.73 Å². The van der Waals surface area contributed by atoms with Crippen molar-refractivity contribution in [2.45, 2.75) is 56.8 Å². The maximum absolute atomic E-state index is 14.2. The standard InChI is InChI=1S/C25H24F3N5O4S/c1-11-30-23(33(32-11)16-9-18-15(31-12(2)38-18)8-14(16)25(26,27)28)22-20(34)19(29)21-17(36-22)10-35-24(37-21)13-6-4-3-5-7-13/h3-9,17,19-22,24,34H,10,29H2,1-2H3/t17?,19?,20?,21-,22+,24?/m0/s1. The van der Waals surface area contributed by atoms with Gasteiger partial charge in [-0.3, -0.25) is 0 Å². The number of nitrogens with zero attached hydrogens (tertiary/aromatic N) is 4. The summed E-state index contributed by atoms with van der Waals surface area (Å²) in [5.41, 5.74) is 6.28. The van der Waals surface area contributed by atoms with E-state index in [1.54, 1.807) is 13.8 Å². The minimum absolute atomic E-state index is 0.000157. The molecular formula is C25H24F3N5O4S. The average molecular weight is 548 g/mol. The van der Waals surface area contributed by atoms with Gasteiger partial charge in [-0.2, -0.15) is 18.3 Å². The Hall–Kier alpha value is -2.94. The Labute approximate surface area is 219 Å². The molecule has 4 heterocycles. The number of alkyl halides is 3. The Bertz CT molecular complexity index is 1480. The number of aliphatic hydroxyl groups is 1. The molecule has 2 aromatic carbocycles. The van der Waals surface area contributed by atoms with Crippen LogP contribution in [0.3, 0.4) is 0 Å². The van der Waals surface area contributed by atoms with Gasteiger partial charge >= 0.3 is 6.18 Å². The second-order valence-corrected chi connectivity index (χ2v) is 10.6. The fourth-order valence-electron chi connectivity index (χ4n) is 4.94. The number of ether oxygens (including phenoxy) is 3. The number of nitrogens with two attached hydrogens (primary N) is 1. The third kappa shape index (κ3) is 4.38. The highest BCUT2D eigenvalue weighted by Crippen LogP contribution is 2.41. The second-order valence-electron chi connectivity index (χ2n) is 9.34. The van der Waals surface area contributed by atoms with Gasteiger partial charge in [0, 0.05) is 5.56 Å². The molecule has 2 saturated heterocycles. The zero-order valence-corrected chi connectivity index (χ0v) is 21.1. The molecule has 2 aliphatic rings. The van der Waals surface area contributed by atoms with Gasteiger partial charge in [0.2, 0.25) is 0 Å². The van der Waals surface area contributed by atoms with E-state index < -0.39 is 48.5 Å². The number of fused-ring (bicyclic) bond motifs is 2. The highest BCUT2D eigenvalue weighted by Gasteiger charge is 2.50. The zero-order valence-electron chi connectivity index (χ0n) is 20.3. The van der Waals surface area contributed by atoms with Gasteiger partial charge in [-0.05, 0) is 26.0 Å². The molecule has 2 aromatic heterocycles. The van der Waals surface area contributed by atoms with Gasteiger partial charge < -0.3 is 25.1 Å². The maximum Gasteiger partial charge on any atom is 0.418 e. The molecule has 6 rings (SSSR count). The Morgan fingerprint density at radius 2 is 1.87 bits per heavy atom. The Kier molecular flexibility index (Phi) is 6.24. The van der Waals surface area contributed by atoms with Crippen LogP contribution in [0.25, 0.3) is 15.9 Å². The monoisotopic (exact) mass is 547 g/mol. The Morgan fingerprint density at radius 3 is 2.61 bits per heavy atom. The molecule has 13 heteroatoms. The SMILES string of the molecule is Cc1nc([C@@H]2OC3COC(c4ccccc4)O[C@@H]3C(N)C2O)n(-c2cc3sc(C)nc3cc2C(F)(F)F)n1. The molecule has 0 aliphatic carbocycles. The van der Waals surface area contributed by atoms with Crippen molar-refractivity contribution in [1.82, 2.24) is 19.7 Å². The molecule has 4 aromatic rings. The number of aromatic nitrogens is 4. The molecule has 38 heavy (non-hydrogen) atoms. The number of aryl methyl sites for hydroxylation is 2. The molecule has 6 atom stereocenters. The number of thiazole rings is 1. The molecule has 2 aliphatic heterocycles. The smallest absolute Gasteiger partial charge is 0.388 e. The first-order chi connectivity index (χ1) is 18.1. The van der Waals surface area contributed by atoms with Crippen LogP contribution >= 0.6 is 11.3 Å². The molecule has 2 fully saturated rings. The van der Waals surface area contributed by atoms with Crippen molar-refractivity contribution in [3.8, 4) is 5.69 Å². The van der Waals surface area contributed by atoms with Gasteiger partial charge in [-0.1, -0.05) is 30.3 Å². The van der Waals surface area contributed by atoms with Crippen LogP contribution < -0.4 is 5.73 Å². The molecule has 3 N–H and O–H groups in total. The van der Waals surface area contributed by atoms with E-state index in [4.69, 9.17) is 19.9 Å². The number of rotatable bonds is 3. The van der Waals surface area contributed by atoms with Crippen molar-refractivity contribution in [2.75, 3.05) is 6.61 Å². The van der Waals surface area contributed by atoms with Gasteiger partial charge in [0.15, 0.2) is 12.1 Å². The topological polar surface area (TPSA) is 118 Å². The highest BCUT2D eigenvalue weighted by atomic mass is 32.1. The van der Waals surface area contributed by atoms with Crippen LogP contribution in [-0.4, -0.2) is 55.8 Å². The van der Waals surface area contributed by atoms with Gasteiger partial charge in [0.1, 0.15) is 30.2 Å². The lowest BCUT2D eigenvalue weighted by Crippen LogP contribution is -2.62. The van der Waals surface area contributed by atoms with Gasteiger partial charge in [-0.15, -0.1) is 11.3 Å². The van der Waals surface area contributed by atoms with Crippen molar-refractivity contribution in [3.05, 3.63) is 70.2 Å². The summed E-state index contributed by atoms with van der Waals surface area (Å²) < 4.78 is 62.2. The average Bonchev–Trinajstić information content (AvgIpc) is 3.46. The van der Waals surface area contributed by atoms with E-state index in [0.29, 0.717) is 9.71 Å². The van der Waals surface area contributed by atoms with Crippen LogP contribution in [0.2, 0.25) is 0 Å². The number of aliphatic hydroxyl groups excluding tert-OH is 1. The van der Waals surface area contributed by atoms with Gasteiger partial charge in [0.25, 0.3) is 0 Å². The minimum atomic E-state index is -4.69. The van der Waals surface area contributed by atoms with Crippen LogP contribution in [0.1, 0.15) is 40.2 Å². The van der Waals surface area contributed by atoms with Crippen molar-refractivity contribution >= 4 is 21.6 Å². The first-order valence-electron chi connectivity index (χ1n) is 11.9. The summed E-state index contributed by atoms with van der Waals surface area (Å²) in [6.45, 7) is 3.38. The van der Waals surface area contributed by atoms with E-state index in [1.807, 2.05) is 30.3 Å². The summed E-state index contributed by atoms with van der Waals surface area (Å²) in [6.07, 6.45) is -9.28. The van der Waals surface area contributed by atoms with E-state index >= 15 is 0 Å². The zero-order chi connectivity index (χ0) is 26.8.